The van der Waals surface area contributed by atoms with E-state index >= 15 is 0 Å². The van der Waals surface area contributed by atoms with Crippen molar-refractivity contribution in [3.8, 4) is 34.3 Å². The lowest BCUT2D eigenvalue weighted by Gasteiger charge is -2.14. The summed E-state index contributed by atoms with van der Waals surface area (Å²) in [4.78, 5) is 27.3. The molecule has 36 heavy (non-hydrogen) atoms. The second-order valence-corrected chi connectivity index (χ2v) is 8.52. The standard InChI is InChI=1S/C27H35N3O6/c1-5-6-7-8-13-28-24(31)16-21-26(32)30(27(33)29-21)17-18-9-11-19(12-10-18)20-14-22(34-2)25(36-4)23(15-20)35-3/h9-12,14-15,32H,5-8,13,16-17H2,1-4H3,(H,28,31)(H,29,33). The van der Waals surface area contributed by atoms with Crippen LogP contribution in [0.1, 0.15) is 43.9 Å². The number of carbonyl (C=O) groups is 1. The number of aromatic hydroxyl groups is 1. The zero-order valence-electron chi connectivity index (χ0n) is 21.3. The van der Waals surface area contributed by atoms with Gasteiger partial charge in [0.15, 0.2) is 11.5 Å². The molecular formula is C27H35N3O6. The Labute approximate surface area is 211 Å². The Bertz CT molecular complexity index is 1190. The minimum atomic E-state index is -0.466. The highest BCUT2D eigenvalue weighted by atomic mass is 16.5. The minimum absolute atomic E-state index is 0.0814. The number of nitrogens with one attached hydrogen (secondary N) is 2. The summed E-state index contributed by atoms with van der Waals surface area (Å²) in [7, 11) is 4.69. The lowest BCUT2D eigenvalue weighted by molar-refractivity contribution is -0.120. The summed E-state index contributed by atoms with van der Waals surface area (Å²) in [6, 6.07) is 11.3. The van der Waals surface area contributed by atoms with Gasteiger partial charge in [0.2, 0.25) is 17.5 Å². The van der Waals surface area contributed by atoms with Gasteiger partial charge < -0.3 is 29.6 Å². The van der Waals surface area contributed by atoms with Gasteiger partial charge in [-0.15, -0.1) is 0 Å². The van der Waals surface area contributed by atoms with Crippen LogP contribution in [0.25, 0.3) is 11.1 Å². The average Bonchev–Trinajstić information content (AvgIpc) is 3.15. The molecule has 0 aliphatic carbocycles. The molecule has 3 rings (SSSR count). The van der Waals surface area contributed by atoms with E-state index in [9.17, 15) is 14.7 Å². The number of nitrogens with zero attached hydrogens (tertiary/aromatic N) is 1. The number of aromatic amines is 1. The second kappa shape index (κ2) is 12.7. The number of rotatable bonds is 13. The third-order valence-electron chi connectivity index (χ3n) is 6.01. The monoisotopic (exact) mass is 497 g/mol. The summed E-state index contributed by atoms with van der Waals surface area (Å²) in [6.07, 6.45) is 4.16. The smallest absolute Gasteiger partial charge is 0.328 e. The van der Waals surface area contributed by atoms with E-state index in [1.807, 2.05) is 36.4 Å². The van der Waals surface area contributed by atoms with E-state index in [1.165, 1.54) is 4.57 Å². The molecule has 1 heterocycles. The van der Waals surface area contributed by atoms with Crippen LogP contribution in [-0.2, 0) is 17.8 Å². The Morgan fingerprint density at radius 3 is 2.22 bits per heavy atom. The van der Waals surface area contributed by atoms with E-state index in [0.29, 0.717) is 23.8 Å². The lowest BCUT2D eigenvalue weighted by atomic mass is 10.0. The number of unbranched alkanes of at least 4 members (excludes halogenated alkanes) is 3. The SMILES string of the molecule is CCCCCCNC(=O)Cc1[nH]c(=O)n(Cc2ccc(-c3cc(OC)c(OC)c(OC)c3)cc2)c1O. The topological polar surface area (TPSA) is 115 Å². The largest absolute Gasteiger partial charge is 0.493 e. The molecule has 0 spiro atoms. The van der Waals surface area contributed by atoms with E-state index in [1.54, 1.807) is 21.3 Å². The van der Waals surface area contributed by atoms with Crippen molar-refractivity contribution in [3.05, 3.63) is 58.1 Å². The number of methoxy groups -OCH3 is 3. The maximum atomic E-state index is 12.4. The second-order valence-electron chi connectivity index (χ2n) is 8.52. The van der Waals surface area contributed by atoms with Crippen molar-refractivity contribution in [2.24, 2.45) is 0 Å². The number of benzene rings is 2. The molecule has 9 nitrogen and oxygen atoms in total. The number of carbonyl (C=O) groups excluding carboxylic acids is 1. The fraction of sp³-hybridized carbons (Fsp3) is 0.407. The maximum absolute atomic E-state index is 12.4. The molecule has 3 N–H and O–H groups in total. The summed E-state index contributed by atoms with van der Waals surface area (Å²) in [5.74, 6) is 1.16. The molecule has 2 aromatic carbocycles. The summed E-state index contributed by atoms with van der Waals surface area (Å²) >= 11 is 0. The van der Waals surface area contributed by atoms with Gasteiger partial charge in [-0.25, -0.2) is 4.79 Å². The molecule has 0 aliphatic heterocycles. The van der Waals surface area contributed by atoms with Gasteiger partial charge in [0.1, 0.15) is 0 Å². The van der Waals surface area contributed by atoms with Crippen LogP contribution >= 0.6 is 0 Å². The number of ether oxygens (including phenoxy) is 3. The molecule has 0 radical (unpaired) electrons. The van der Waals surface area contributed by atoms with Gasteiger partial charge in [0.05, 0.1) is 40.0 Å². The molecule has 3 aromatic rings. The van der Waals surface area contributed by atoms with Gasteiger partial charge in [0.25, 0.3) is 0 Å². The van der Waals surface area contributed by atoms with Gasteiger partial charge >= 0.3 is 5.69 Å². The Hall–Kier alpha value is -3.88. The van der Waals surface area contributed by atoms with Gasteiger partial charge in [0, 0.05) is 6.54 Å². The van der Waals surface area contributed by atoms with Crippen LogP contribution in [0, 0.1) is 0 Å². The third-order valence-corrected chi connectivity index (χ3v) is 6.01. The molecule has 9 heteroatoms. The normalized spacial score (nSPS) is 10.8. The number of H-pyrrole nitrogens is 1. The van der Waals surface area contributed by atoms with Crippen LogP contribution < -0.4 is 25.2 Å². The Morgan fingerprint density at radius 1 is 0.972 bits per heavy atom. The number of imidazole rings is 1. The highest BCUT2D eigenvalue weighted by Gasteiger charge is 2.17. The van der Waals surface area contributed by atoms with E-state index < -0.39 is 5.69 Å². The maximum Gasteiger partial charge on any atom is 0.328 e. The van der Waals surface area contributed by atoms with Crippen molar-refractivity contribution >= 4 is 5.91 Å². The quantitative estimate of drug-likeness (QED) is 0.309. The first-order valence-corrected chi connectivity index (χ1v) is 12.1. The van der Waals surface area contributed by atoms with Crippen molar-refractivity contribution in [2.45, 2.75) is 45.6 Å². The van der Waals surface area contributed by atoms with Gasteiger partial charge in [-0.3, -0.25) is 9.36 Å². The molecule has 1 amide bonds. The average molecular weight is 498 g/mol. The molecule has 0 fully saturated rings. The van der Waals surface area contributed by atoms with Gasteiger partial charge in [-0.05, 0) is 35.2 Å². The summed E-state index contributed by atoms with van der Waals surface area (Å²) < 4.78 is 17.5. The molecule has 194 valence electrons. The highest BCUT2D eigenvalue weighted by Crippen LogP contribution is 2.41. The van der Waals surface area contributed by atoms with Crippen LogP contribution in [0.4, 0.5) is 0 Å². The minimum Gasteiger partial charge on any atom is -0.493 e. The third kappa shape index (κ3) is 6.41. The number of hydrogen-bond donors (Lipinski definition) is 3. The molecule has 0 bridgehead atoms. The predicted octanol–water partition coefficient (Wildman–Crippen LogP) is 3.86. The molecular weight excluding hydrogens is 462 g/mol. The van der Waals surface area contributed by atoms with E-state index in [4.69, 9.17) is 14.2 Å². The van der Waals surface area contributed by atoms with Crippen LogP contribution in [0.15, 0.2) is 41.2 Å². The van der Waals surface area contributed by atoms with Crippen molar-refractivity contribution < 1.29 is 24.1 Å². The number of hydrogen-bond acceptors (Lipinski definition) is 6. The number of aromatic nitrogens is 2. The Kier molecular flexibility index (Phi) is 9.44. The van der Waals surface area contributed by atoms with Crippen molar-refractivity contribution in [1.29, 1.82) is 0 Å². The van der Waals surface area contributed by atoms with E-state index in [0.717, 1.165) is 42.4 Å². The summed E-state index contributed by atoms with van der Waals surface area (Å²) in [6.45, 7) is 2.88. The Balaban J connectivity index is 1.70. The van der Waals surface area contributed by atoms with Crippen LogP contribution in [0.5, 0.6) is 23.1 Å². The first-order valence-electron chi connectivity index (χ1n) is 12.1. The first-order chi connectivity index (χ1) is 17.4. The zero-order valence-corrected chi connectivity index (χ0v) is 21.3. The molecule has 0 saturated heterocycles. The summed E-state index contributed by atoms with van der Waals surface area (Å²) in [5.41, 5.74) is 2.35. The lowest BCUT2D eigenvalue weighted by Crippen LogP contribution is -2.26. The molecule has 0 aliphatic rings. The van der Waals surface area contributed by atoms with Crippen LogP contribution in [-0.4, -0.2) is 48.4 Å². The Morgan fingerprint density at radius 2 is 1.64 bits per heavy atom. The van der Waals surface area contributed by atoms with Crippen molar-refractivity contribution in [3.63, 3.8) is 0 Å². The molecule has 0 atom stereocenters. The fourth-order valence-corrected chi connectivity index (χ4v) is 4.02. The van der Waals surface area contributed by atoms with E-state index in [2.05, 4.69) is 17.2 Å². The van der Waals surface area contributed by atoms with Gasteiger partial charge in [-0.1, -0.05) is 50.5 Å². The first kappa shape index (κ1) is 26.7. The van der Waals surface area contributed by atoms with Gasteiger partial charge in [-0.2, -0.15) is 0 Å². The van der Waals surface area contributed by atoms with Crippen LogP contribution in [0.2, 0.25) is 0 Å². The summed E-state index contributed by atoms with van der Waals surface area (Å²) in [5, 5.41) is 13.4. The highest BCUT2D eigenvalue weighted by molar-refractivity contribution is 5.78. The van der Waals surface area contributed by atoms with E-state index in [-0.39, 0.29) is 30.4 Å². The fourth-order valence-electron chi connectivity index (χ4n) is 4.02. The van der Waals surface area contributed by atoms with Crippen molar-refractivity contribution in [1.82, 2.24) is 14.9 Å². The molecule has 0 saturated carbocycles. The number of amides is 1. The molecule has 0 unspecified atom stereocenters. The predicted molar refractivity (Wildman–Crippen MR) is 138 cm³/mol. The van der Waals surface area contributed by atoms with Crippen molar-refractivity contribution in [2.75, 3.05) is 27.9 Å². The zero-order chi connectivity index (χ0) is 26.1. The molecule has 1 aromatic heterocycles. The van der Waals surface area contributed by atoms with Crippen LogP contribution in [0.3, 0.4) is 0 Å².